The molecule has 15 heteroatoms. The minimum atomic E-state index is -2.77. The number of pyridine rings is 1. The standard InChI is InChI=1S/C35H34ClF2N9O3/c1-34(2,3)19-35(24-10-7-21(8-11-24)23-16-43-46(17-23)32(37)38)31(49)47(33(39)44-35)28(18-50-29(48)15-25-6-4-5-13-40-25)22-9-12-27(36)26(14-22)30-41-20-42-45-30/h4-14,16-17,20,28,32H,15,18-19H2,1-3H3,(H2,39,44)(H,41,42,45)/t28-,35-/m1/s1. The molecular formula is C35H34ClF2N9O3. The number of carbonyl (C=O) groups is 2. The van der Waals surface area contributed by atoms with Gasteiger partial charge in [0.05, 0.1) is 29.4 Å². The monoisotopic (exact) mass is 701 g/mol. The second kappa shape index (κ2) is 13.8. The Morgan fingerprint density at radius 1 is 1.08 bits per heavy atom. The van der Waals surface area contributed by atoms with E-state index >= 15 is 0 Å². The first-order chi connectivity index (χ1) is 23.8. The third-order valence-corrected chi connectivity index (χ3v) is 8.55. The molecule has 0 spiro atoms. The topological polar surface area (TPSA) is 157 Å². The molecule has 1 aliphatic rings. The minimum Gasteiger partial charge on any atom is -0.463 e. The molecule has 3 N–H and O–H groups in total. The van der Waals surface area contributed by atoms with Gasteiger partial charge in [-0.1, -0.05) is 68.8 Å². The third-order valence-electron chi connectivity index (χ3n) is 8.22. The number of esters is 1. The second-order valence-corrected chi connectivity index (χ2v) is 13.5. The molecule has 258 valence electrons. The molecule has 0 saturated heterocycles. The zero-order valence-corrected chi connectivity index (χ0v) is 28.2. The van der Waals surface area contributed by atoms with Gasteiger partial charge in [-0.2, -0.15) is 19.0 Å². The van der Waals surface area contributed by atoms with Crippen LogP contribution in [-0.2, 0) is 26.3 Å². The van der Waals surface area contributed by atoms with Crippen molar-refractivity contribution < 1.29 is 23.1 Å². The van der Waals surface area contributed by atoms with Crippen LogP contribution in [0.15, 0.2) is 90.6 Å². The van der Waals surface area contributed by atoms with Gasteiger partial charge in [0.25, 0.3) is 5.91 Å². The Kier molecular flexibility index (Phi) is 9.47. The summed E-state index contributed by atoms with van der Waals surface area (Å²) in [6, 6.07) is 16.4. The molecule has 3 aromatic heterocycles. The Labute approximate surface area is 291 Å². The number of aliphatic imine (C=N–C) groups is 1. The average Bonchev–Trinajstić information content (AvgIpc) is 3.84. The van der Waals surface area contributed by atoms with E-state index in [9.17, 15) is 18.4 Å². The largest absolute Gasteiger partial charge is 0.463 e. The number of ether oxygens (including phenoxy) is 1. The fourth-order valence-corrected chi connectivity index (χ4v) is 6.27. The van der Waals surface area contributed by atoms with Crippen molar-refractivity contribution in [2.45, 2.75) is 51.7 Å². The molecule has 4 heterocycles. The number of nitrogens with two attached hydrogens (primary N) is 1. The van der Waals surface area contributed by atoms with Crippen LogP contribution in [0, 0.1) is 5.41 Å². The molecule has 6 rings (SSSR count). The van der Waals surface area contributed by atoms with E-state index in [1.807, 2.05) is 20.8 Å². The number of guanidine groups is 1. The SMILES string of the molecule is CC(C)(C)C[C@]1(c2ccc(-c3cnn(C(F)F)c3)cc2)N=C(N)N([C@H](COC(=O)Cc2ccccn2)c2ccc(Cl)c(-c3ncn[nH]3)c2)C1=O. The van der Waals surface area contributed by atoms with Gasteiger partial charge in [-0.25, -0.2) is 14.7 Å². The van der Waals surface area contributed by atoms with Crippen molar-refractivity contribution in [3.63, 3.8) is 0 Å². The second-order valence-electron chi connectivity index (χ2n) is 13.1. The van der Waals surface area contributed by atoms with Crippen molar-refractivity contribution in [3.8, 4) is 22.5 Å². The van der Waals surface area contributed by atoms with Crippen LogP contribution in [0.25, 0.3) is 22.5 Å². The molecular weight excluding hydrogens is 668 g/mol. The molecule has 1 amide bonds. The van der Waals surface area contributed by atoms with Crippen molar-refractivity contribution in [2.75, 3.05) is 6.61 Å². The Bertz CT molecular complexity index is 2010. The normalized spacial score (nSPS) is 16.9. The van der Waals surface area contributed by atoms with Crippen LogP contribution in [0.5, 0.6) is 0 Å². The van der Waals surface area contributed by atoms with E-state index in [0.717, 1.165) is 0 Å². The minimum absolute atomic E-state index is 0.0662. The summed E-state index contributed by atoms with van der Waals surface area (Å²) >= 11 is 6.55. The number of carbonyl (C=O) groups excluding carboxylic acids is 2. The number of alkyl halides is 2. The summed E-state index contributed by atoms with van der Waals surface area (Å²) in [6.07, 6.45) is 5.73. The number of hydrogen-bond acceptors (Lipinski definition) is 9. The molecule has 2 atom stereocenters. The van der Waals surface area contributed by atoms with Crippen LogP contribution >= 0.6 is 11.6 Å². The van der Waals surface area contributed by atoms with Crippen LogP contribution in [0.1, 0.15) is 56.6 Å². The van der Waals surface area contributed by atoms with E-state index < -0.39 is 35.4 Å². The zero-order chi connectivity index (χ0) is 35.6. The van der Waals surface area contributed by atoms with E-state index in [1.165, 1.54) is 23.6 Å². The number of nitrogens with one attached hydrogen (secondary N) is 1. The van der Waals surface area contributed by atoms with Gasteiger partial charge in [-0.15, -0.1) is 0 Å². The summed E-state index contributed by atoms with van der Waals surface area (Å²) < 4.78 is 32.7. The lowest BCUT2D eigenvalue weighted by atomic mass is 9.75. The smallest absolute Gasteiger partial charge is 0.333 e. The lowest BCUT2D eigenvalue weighted by Gasteiger charge is -2.35. The third kappa shape index (κ3) is 7.10. The van der Waals surface area contributed by atoms with Crippen molar-refractivity contribution in [1.29, 1.82) is 0 Å². The maximum atomic E-state index is 14.9. The lowest BCUT2D eigenvalue weighted by molar-refractivity contribution is -0.147. The Morgan fingerprint density at radius 2 is 1.86 bits per heavy atom. The van der Waals surface area contributed by atoms with Crippen LogP contribution in [0.2, 0.25) is 5.02 Å². The number of nitrogens with zero attached hydrogens (tertiary/aromatic N) is 7. The first-order valence-corrected chi connectivity index (χ1v) is 16.1. The Morgan fingerprint density at radius 3 is 2.50 bits per heavy atom. The predicted molar refractivity (Wildman–Crippen MR) is 182 cm³/mol. The van der Waals surface area contributed by atoms with Crippen LogP contribution in [0.4, 0.5) is 8.78 Å². The fraction of sp³-hybridized carbons (Fsp3) is 0.286. The van der Waals surface area contributed by atoms with Crippen molar-refractivity contribution >= 4 is 29.4 Å². The molecule has 0 fully saturated rings. The number of aromatic amines is 1. The van der Waals surface area contributed by atoms with Crippen LogP contribution in [0.3, 0.4) is 0 Å². The van der Waals surface area contributed by atoms with Gasteiger partial charge in [0, 0.05) is 23.5 Å². The molecule has 12 nitrogen and oxygen atoms in total. The van der Waals surface area contributed by atoms with Gasteiger partial charge in [0.1, 0.15) is 12.9 Å². The molecule has 5 aromatic rings. The summed E-state index contributed by atoms with van der Waals surface area (Å²) in [4.78, 5) is 42.6. The highest BCUT2D eigenvalue weighted by Crippen LogP contribution is 2.45. The van der Waals surface area contributed by atoms with E-state index in [-0.39, 0.29) is 25.4 Å². The number of halogens is 3. The van der Waals surface area contributed by atoms with E-state index in [0.29, 0.717) is 49.0 Å². The first kappa shape index (κ1) is 34.4. The van der Waals surface area contributed by atoms with Gasteiger partial charge in [0.2, 0.25) is 0 Å². The van der Waals surface area contributed by atoms with Gasteiger partial charge >= 0.3 is 12.5 Å². The lowest BCUT2D eigenvalue weighted by Crippen LogP contribution is -2.47. The zero-order valence-electron chi connectivity index (χ0n) is 27.4. The van der Waals surface area contributed by atoms with E-state index in [4.69, 9.17) is 27.1 Å². The summed E-state index contributed by atoms with van der Waals surface area (Å²) in [5.41, 5.74) is 8.06. The maximum Gasteiger partial charge on any atom is 0.333 e. The van der Waals surface area contributed by atoms with Crippen molar-refractivity contribution in [1.82, 2.24) is 34.8 Å². The van der Waals surface area contributed by atoms with E-state index in [1.54, 1.807) is 66.9 Å². The maximum absolute atomic E-state index is 14.9. The highest BCUT2D eigenvalue weighted by atomic mass is 35.5. The molecule has 0 unspecified atom stereocenters. The summed E-state index contributed by atoms with van der Waals surface area (Å²) in [5.74, 6) is -0.640. The van der Waals surface area contributed by atoms with Gasteiger partial charge in [0.15, 0.2) is 17.3 Å². The molecule has 0 radical (unpaired) electrons. The van der Waals surface area contributed by atoms with Crippen LogP contribution < -0.4 is 5.73 Å². The van der Waals surface area contributed by atoms with Gasteiger partial charge in [-0.05, 0) is 52.8 Å². The van der Waals surface area contributed by atoms with E-state index in [2.05, 4.69) is 25.3 Å². The highest BCUT2D eigenvalue weighted by molar-refractivity contribution is 6.33. The molecule has 0 saturated carbocycles. The molecule has 50 heavy (non-hydrogen) atoms. The molecule has 0 aliphatic carbocycles. The quantitative estimate of drug-likeness (QED) is 0.157. The number of benzene rings is 2. The van der Waals surface area contributed by atoms with Crippen LogP contribution in [-0.4, -0.2) is 59.3 Å². The van der Waals surface area contributed by atoms with Gasteiger partial charge in [-0.3, -0.25) is 24.6 Å². The predicted octanol–water partition coefficient (Wildman–Crippen LogP) is 6.09. The number of aromatic nitrogens is 6. The first-order valence-electron chi connectivity index (χ1n) is 15.7. The number of hydrogen-bond donors (Lipinski definition) is 2. The van der Waals surface area contributed by atoms with Gasteiger partial charge < -0.3 is 10.5 Å². The summed E-state index contributed by atoms with van der Waals surface area (Å²) in [7, 11) is 0. The Balaban J connectivity index is 1.38. The van der Waals surface area contributed by atoms with Crippen molar-refractivity contribution in [3.05, 3.63) is 107 Å². The average molecular weight is 702 g/mol. The van der Waals surface area contributed by atoms with Crippen molar-refractivity contribution in [2.24, 2.45) is 16.1 Å². The molecule has 0 bridgehead atoms. The molecule has 2 aromatic carbocycles. The highest BCUT2D eigenvalue weighted by Gasteiger charge is 2.53. The summed E-state index contributed by atoms with van der Waals surface area (Å²) in [6.45, 7) is 2.94. The number of rotatable bonds is 11. The number of amides is 1. The fourth-order valence-electron chi connectivity index (χ4n) is 6.07. The summed E-state index contributed by atoms with van der Waals surface area (Å²) in [5, 5.41) is 10.8. The number of H-pyrrole nitrogens is 1. The Hall–Kier alpha value is -5.50. The molecule has 1 aliphatic heterocycles.